The lowest BCUT2D eigenvalue weighted by molar-refractivity contribution is 0.105. The zero-order valence-electron chi connectivity index (χ0n) is 17.6. The van der Waals surface area contributed by atoms with Gasteiger partial charge in [0.25, 0.3) is 0 Å². The van der Waals surface area contributed by atoms with E-state index in [0.29, 0.717) is 5.69 Å². The summed E-state index contributed by atoms with van der Waals surface area (Å²) in [6, 6.07) is 8.43. The number of aromatic hydroxyl groups is 1. The van der Waals surface area contributed by atoms with Gasteiger partial charge in [-0.1, -0.05) is 43.5 Å². The third kappa shape index (κ3) is 3.48. The van der Waals surface area contributed by atoms with Crippen molar-refractivity contribution in [1.82, 2.24) is 9.97 Å². The van der Waals surface area contributed by atoms with Gasteiger partial charge in [0.2, 0.25) is 0 Å². The summed E-state index contributed by atoms with van der Waals surface area (Å²) in [7, 11) is 0. The van der Waals surface area contributed by atoms with Crippen molar-refractivity contribution in [3.63, 3.8) is 0 Å². The summed E-state index contributed by atoms with van der Waals surface area (Å²) in [5.74, 6) is 0.974. The highest BCUT2D eigenvalue weighted by atomic mass is 16.5. The van der Waals surface area contributed by atoms with Crippen molar-refractivity contribution < 1.29 is 9.84 Å². The monoisotopic (exact) mass is 388 g/mol. The number of unbranched alkanes of at least 4 members (excludes halogenated alkanes) is 2. The van der Waals surface area contributed by atoms with Crippen LogP contribution in [0.15, 0.2) is 42.9 Å². The fourth-order valence-electron chi connectivity index (χ4n) is 4.23. The lowest BCUT2D eigenvalue weighted by Gasteiger charge is -2.36. The van der Waals surface area contributed by atoms with Crippen molar-refractivity contribution in [3.8, 4) is 33.9 Å². The van der Waals surface area contributed by atoms with Gasteiger partial charge in [0, 0.05) is 23.5 Å². The molecule has 4 nitrogen and oxygen atoms in total. The topological polar surface area (TPSA) is 55.2 Å². The molecule has 0 unspecified atom stereocenters. The molecular formula is C25H28N2O2. The van der Waals surface area contributed by atoms with E-state index >= 15 is 0 Å². The SMILES string of the molecule is CCCCCc1cc2c(c(O)c1-c1cnccn1)-c1cc(C)ccc1C(C)(C)O2. The minimum absolute atomic E-state index is 0.233. The first-order valence-electron chi connectivity index (χ1n) is 10.4. The molecule has 0 saturated carbocycles. The number of rotatable bonds is 5. The summed E-state index contributed by atoms with van der Waals surface area (Å²) in [5.41, 5.74) is 6.07. The number of benzene rings is 2. The number of nitrogens with zero attached hydrogens (tertiary/aromatic N) is 2. The van der Waals surface area contributed by atoms with E-state index in [1.807, 2.05) is 0 Å². The van der Waals surface area contributed by atoms with Gasteiger partial charge in [-0.2, -0.15) is 0 Å². The number of hydrogen-bond acceptors (Lipinski definition) is 4. The third-order valence-corrected chi connectivity index (χ3v) is 5.67. The van der Waals surface area contributed by atoms with Crippen molar-refractivity contribution >= 4 is 0 Å². The molecule has 0 fully saturated rings. The van der Waals surface area contributed by atoms with Gasteiger partial charge in [-0.15, -0.1) is 0 Å². The van der Waals surface area contributed by atoms with Crippen LogP contribution in [-0.2, 0) is 12.0 Å². The fraction of sp³-hybridized carbons (Fsp3) is 0.360. The van der Waals surface area contributed by atoms with Crippen LogP contribution in [0.25, 0.3) is 22.4 Å². The Kier molecular flexibility index (Phi) is 5.03. The predicted molar refractivity (Wildman–Crippen MR) is 116 cm³/mol. The summed E-state index contributed by atoms with van der Waals surface area (Å²) < 4.78 is 6.41. The van der Waals surface area contributed by atoms with E-state index in [9.17, 15) is 5.11 Å². The fourth-order valence-corrected chi connectivity index (χ4v) is 4.23. The van der Waals surface area contributed by atoms with E-state index in [1.165, 1.54) is 0 Å². The Morgan fingerprint density at radius 2 is 1.90 bits per heavy atom. The summed E-state index contributed by atoms with van der Waals surface area (Å²) in [6.07, 6.45) is 9.25. The van der Waals surface area contributed by atoms with Crippen molar-refractivity contribution in [2.24, 2.45) is 0 Å². The number of phenols is 1. The normalized spacial score (nSPS) is 14.1. The molecule has 1 aliphatic heterocycles. The highest BCUT2D eigenvalue weighted by Gasteiger charge is 2.35. The van der Waals surface area contributed by atoms with Crippen molar-refractivity contribution in [3.05, 3.63) is 59.5 Å². The first-order chi connectivity index (χ1) is 13.9. The summed E-state index contributed by atoms with van der Waals surface area (Å²) in [6.45, 7) is 8.42. The average molecular weight is 389 g/mol. The van der Waals surface area contributed by atoms with E-state index in [1.54, 1.807) is 18.6 Å². The van der Waals surface area contributed by atoms with Crippen molar-refractivity contribution in [2.45, 2.75) is 59.0 Å². The van der Waals surface area contributed by atoms with Gasteiger partial charge in [0.05, 0.1) is 17.5 Å². The van der Waals surface area contributed by atoms with Gasteiger partial charge in [-0.3, -0.25) is 9.97 Å². The first-order valence-corrected chi connectivity index (χ1v) is 10.4. The van der Waals surface area contributed by atoms with Crippen LogP contribution in [0, 0.1) is 6.92 Å². The molecule has 1 aliphatic rings. The lowest BCUT2D eigenvalue weighted by atomic mass is 9.82. The predicted octanol–water partition coefficient (Wildman–Crippen LogP) is 6.18. The zero-order valence-corrected chi connectivity index (χ0v) is 17.6. The van der Waals surface area contributed by atoms with Crippen LogP contribution in [0.1, 0.15) is 56.7 Å². The quantitative estimate of drug-likeness (QED) is 0.530. The van der Waals surface area contributed by atoms with Crippen LogP contribution in [0.5, 0.6) is 11.5 Å². The molecule has 150 valence electrons. The van der Waals surface area contributed by atoms with Crippen LogP contribution in [0.4, 0.5) is 0 Å². The molecule has 0 bridgehead atoms. The Hall–Kier alpha value is -2.88. The molecule has 0 amide bonds. The van der Waals surface area contributed by atoms with Gasteiger partial charge in [0.1, 0.15) is 17.1 Å². The summed E-state index contributed by atoms with van der Waals surface area (Å²) in [5, 5.41) is 11.5. The average Bonchev–Trinajstić information content (AvgIpc) is 2.68. The maximum Gasteiger partial charge on any atom is 0.136 e. The van der Waals surface area contributed by atoms with E-state index in [4.69, 9.17) is 4.74 Å². The van der Waals surface area contributed by atoms with E-state index in [0.717, 1.165) is 64.8 Å². The maximum atomic E-state index is 11.5. The van der Waals surface area contributed by atoms with Gasteiger partial charge in [0.15, 0.2) is 0 Å². The zero-order chi connectivity index (χ0) is 20.6. The standard InChI is InChI=1S/C25H28N2O2/c1-5-6-7-8-17-14-21-23(24(28)22(17)20-15-26-11-12-27-20)18-13-16(2)9-10-19(18)25(3,4)29-21/h9-15,28H,5-8H2,1-4H3. The summed E-state index contributed by atoms with van der Waals surface area (Å²) >= 11 is 0. The van der Waals surface area contributed by atoms with E-state index in [-0.39, 0.29) is 5.75 Å². The molecule has 4 heteroatoms. The minimum atomic E-state index is -0.461. The molecule has 0 radical (unpaired) electrons. The molecule has 0 saturated heterocycles. The van der Waals surface area contributed by atoms with Gasteiger partial charge < -0.3 is 9.84 Å². The third-order valence-electron chi connectivity index (χ3n) is 5.67. The second kappa shape index (κ2) is 7.51. The highest BCUT2D eigenvalue weighted by molar-refractivity contribution is 5.89. The molecule has 29 heavy (non-hydrogen) atoms. The first kappa shape index (κ1) is 19.4. The second-order valence-corrected chi connectivity index (χ2v) is 8.34. The number of ether oxygens (including phenoxy) is 1. The molecular weight excluding hydrogens is 360 g/mol. The Balaban J connectivity index is 1.98. The van der Waals surface area contributed by atoms with Crippen LogP contribution < -0.4 is 4.74 Å². The molecule has 1 N–H and O–H groups in total. The Morgan fingerprint density at radius 3 is 2.62 bits per heavy atom. The Labute approximate surface area is 172 Å². The maximum absolute atomic E-state index is 11.5. The smallest absolute Gasteiger partial charge is 0.136 e. The van der Waals surface area contributed by atoms with Crippen molar-refractivity contribution in [1.29, 1.82) is 0 Å². The summed E-state index contributed by atoms with van der Waals surface area (Å²) in [4.78, 5) is 8.71. The van der Waals surface area contributed by atoms with Gasteiger partial charge in [-0.05, 0) is 50.8 Å². The van der Waals surface area contributed by atoms with E-state index in [2.05, 4.69) is 61.9 Å². The van der Waals surface area contributed by atoms with Crippen molar-refractivity contribution in [2.75, 3.05) is 0 Å². The van der Waals surface area contributed by atoms with Crippen LogP contribution in [-0.4, -0.2) is 15.1 Å². The highest BCUT2D eigenvalue weighted by Crippen LogP contribution is 2.53. The second-order valence-electron chi connectivity index (χ2n) is 8.34. The Bertz CT molecular complexity index is 1040. The molecule has 2 aromatic carbocycles. The molecule has 0 spiro atoms. The minimum Gasteiger partial charge on any atom is -0.506 e. The van der Waals surface area contributed by atoms with Crippen LogP contribution in [0.3, 0.4) is 0 Å². The molecule has 0 atom stereocenters. The van der Waals surface area contributed by atoms with Crippen LogP contribution >= 0.6 is 0 Å². The molecule has 4 rings (SSSR count). The number of phenolic OH excluding ortho intramolecular Hbond substituents is 1. The number of hydrogen-bond donors (Lipinski definition) is 1. The number of aromatic nitrogens is 2. The van der Waals surface area contributed by atoms with Gasteiger partial charge in [-0.25, -0.2) is 0 Å². The number of aryl methyl sites for hydroxylation is 2. The largest absolute Gasteiger partial charge is 0.506 e. The van der Waals surface area contributed by atoms with E-state index < -0.39 is 5.60 Å². The molecule has 3 aromatic rings. The Morgan fingerprint density at radius 1 is 1.07 bits per heavy atom. The van der Waals surface area contributed by atoms with Crippen LogP contribution in [0.2, 0.25) is 0 Å². The number of fused-ring (bicyclic) bond motifs is 3. The molecule has 2 heterocycles. The molecule has 1 aromatic heterocycles. The van der Waals surface area contributed by atoms with Gasteiger partial charge >= 0.3 is 0 Å². The molecule has 0 aliphatic carbocycles. The lowest BCUT2D eigenvalue weighted by Crippen LogP contribution is -2.29.